The second-order valence-corrected chi connectivity index (χ2v) is 6.85. The number of carbonyl (C=O) groups is 1. The maximum absolute atomic E-state index is 12.2. The fourth-order valence-corrected chi connectivity index (χ4v) is 2.24. The number of aromatic nitrogens is 4. The van der Waals surface area contributed by atoms with Crippen molar-refractivity contribution >= 4 is 17.5 Å². The van der Waals surface area contributed by atoms with Gasteiger partial charge in [0.2, 0.25) is 5.91 Å². The Balaban J connectivity index is 1.90. The van der Waals surface area contributed by atoms with Gasteiger partial charge in [-0.1, -0.05) is 32.4 Å². The molecule has 1 amide bonds. The van der Waals surface area contributed by atoms with Crippen LogP contribution < -0.4 is 5.32 Å². The topological polar surface area (TPSA) is 64.7 Å². The maximum atomic E-state index is 12.2. The predicted octanol–water partition coefficient (Wildman–Crippen LogP) is 2.35. The molecule has 7 heteroatoms. The summed E-state index contributed by atoms with van der Waals surface area (Å²) in [5.74, 6) is 0.00617. The molecule has 0 aliphatic carbocycles. The molecule has 0 bridgehead atoms. The molecule has 0 aliphatic heterocycles. The summed E-state index contributed by atoms with van der Waals surface area (Å²) < 4.78 is 3.65. The summed E-state index contributed by atoms with van der Waals surface area (Å²) in [4.78, 5) is 16.2. The minimum absolute atomic E-state index is 0.00617. The SMILES string of the molecule is CC(C)(C)[C@H](Cn1ccnc1)NC(=O)CCn1cc(Cl)cn1. The van der Waals surface area contributed by atoms with Crippen molar-refractivity contribution in [2.45, 2.75) is 46.3 Å². The van der Waals surface area contributed by atoms with Gasteiger partial charge in [-0.2, -0.15) is 5.10 Å². The molecule has 0 aliphatic rings. The number of rotatable bonds is 6. The summed E-state index contributed by atoms with van der Waals surface area (Å²) in [6.07, 6.45) is 9.04. The molecule has 0 saturated heterocycles. The predicted molar refractivity (Wildman–Crippen MR) is 85.5 cm³/mol. The van der Waals surface area contributed by atoms with Gasteiger partial charge < -0.3 is 9.88 Å². The van der Waals surface area contributed by atoms with Gasteiger partial charge in [-0.05, 0) is 5.41 Å². The van der Waals surface area contributed by atoms with Gasteiger partial charge >= 0.3 is 0 Å². The van der Waals surface area contributed by atoms with E-state index in [1.54, 1.807) is 29.6 Å². The van der Waals surface area contributed by atoms with E-state index in [0.717, 1.165) is 0 Å². The zero-order valence-electron chi connectivity index (χ0n) is 13.2. The molecule has 0 aromatic carbocycles. The lowest BCUT2D eigenvalue weighted by Gasteiger charge is -2.31. The van der Waals surface area contributed by atoms with Gasteiger partial charge in [-0.15, -0.1) is 0 Å². The monoisotopic (exact) mass is 323 g/mol. The lowest BCUT2D eigenvalue weighted by molar-refractivity contribution is -0.123. The first-order valence-electron chi connectivity index (χ1n) is 7.27. The fourth-order valence-electron chi connectivity index (χ4n) is 2.08. The van der Waals surface area contributed by atoms with Crippen LogP contribution in [-0.4, -0.2) is 31.3 Å². The Bertz CT molecular complexity index is 600. The highest BCUT2D eigenvalue weighted by Crippen LogP contribution is 2.21. The molecule has 1 atom stereocenters. The highest BCUT2D eigenvalue weighted by molar-refractivity contribution is 6.30. The van der Waals surface area contributed by atoms with Gasteiger partial charge in [0.1, 0.15) is 0 Å². The normalized spacial score (nSPS) is 13.1. The van der Waals surface area contributed by atoms with Crippen LogP contribution in [0.4, 0.5) is 0 Å². The summed E-state index contributed by atoms with van der Waals surface area (Å²) >= 11 is 5.81. The third kappa shape index (κ3) is 4.87. The molecular weight excluding hydrogens is 302 g/mol. The van der Waals surface area contributed by atoms with Crippen molar-refractivity contribution in [1.82, 2.24) is 24.6 Å². The third-order valence-electron chi connectivity index (χ3n) is 3.50. The number of carbonyl (C=O) groups excluding carboxylic acids is 1. The van der Waals surface area contributed by atoms with E-state index in [1.165, 1.54) is 0 Å². The molecule has 0 fully saturated rings. The van der Waals surface area contributed by atoms with Gasteiger partial charge in [-0.3, -0.25) is 9.48 Å². The summed E-state index contributed by atoms with van der Waals surface area (Å²) in [6, 6.07) is 0.0235. The number of hydrogen-bond donors (Lipinski definition) is 1. The standard InChI is InChI=1S/C15H22ClN5O/c1-15(2,3)13(10-20-7-5-17-11-20)19-14(22)4-6-21-9-12(16)8-18-21/h5,7-9,11,13H,4,6,10H2,1-3H3,(H,19,22)/t13-/m0/s1. The maximum Gasteiger partial charge on any atom is 0.222 e. The van der Waals surface area contributed by atoms with Crippen LogP contribution in [0.25, 0.3) is 0 Å². The molecule has 0 unspecified atom stereocenters. The van der Waals surface area contributed by atoms with Crippen LogP contribution in [-0.2, 0) is 17.9 Å². The number of nitrogens with zero attached hydrogens (tertiary/aromatic N) is 4. The van der Waals surface area contributed by atoms with Crippen LogP contribution in [0.3, 0.4) is 0 Å². The molecule has 6 nitrogen and oxygen atoms in total. The Morgan fingerprint density at radius 1 is 1.45 bits per heavy atom. The van der Waals surface area contributed by atoms with Crippen LogP contribution in [0.2, 0.25) is 5.02 Å². The Morgan fingerprint density at radius 2 is 2.23 bits per heavy atom. The summed E-state index contributed by atoms with van der Waals surface area (Å²) in [6.45, 7) is 7.55. The van der Waals surface area contributed by atoms with E-state index in [-0.39, 0.29) is 17.4 Å². The van der Waals surface area contributed by atoms with Crippen molar-refractivity contribution in [3.63, 3.8) is 0 Å². The Kier molecular flexibility index (Phi) is 5.24. The second kappa shape index (κ2) is 6.96. The zero-order valence-corrected chi connectivity index (χ0v) is 13.9. The quantitative estimate of drug-likeness (QED) is 0.887. The first-order chi connectivity index (χ1) is 10.3. The summed E-state index contributed by atoms with van der Waals surface area (Å²) in [5, 5.41) is 7.76. The molecule has 0 saturated carbocycles. The second-order valence-electron chi connectivity index (χ2n) is 6.42. The van der Waals surface area contributed by atoms with E-state index >= 15 is 0 Å². The molecule has 0 radical (unpaired) electrons. The molecule has 2 heterocycles. The van der Waals surface area contributed by atoms with Crippen LogP contribution >= 0.6 is 11.6 Å². The number of amides is 1. The van der Waals surface area contributed by atoms with E-state index in [0.29, 0.717) is 24.5 Å². The first kappa shape index (κ1) is 16.5. The highest BCUT2D eigenvalue weighted by atomic mass is 35.5. The van der Waals surface area contributed by atoms with E-state index < -0.39 is 0 Å². The number of hydrogen-bond acceptors (Lipinski definition) is 3. The molecule has 120 valence electrons. The molecule has 2 rings (SSSR count). The number of aryl methyl sites for hydroxylation is 1. The average Bonchev–Trinajstić information content (AvgIpc) is 3.06. The molecule has 1 N–H and O–H groups in total. The third-order valence-corrected chi connectivity index (χ3v) is 3.70. The number of nitrogens with one attached hydrogen (secondary N) is 1. The van der Waals surface area contributed by atoms with Crippen molar-refractivity contribution in [3.05, 3.63) is 36.1 Å². The highest BCUT2D eigenvalue weighted by Gasteiger charge is 2.26. The summed E-state index contributed by atoms with van der Waals surface area (Å²) in [7, 11) is 0. The minimum Gasteiger partial charge on any atom is -0.351 e. The Hall–Kier alpha value is -1.82. The zero-order chi connectivity index (χ0) is 16.2. The molecular formula is C15H22ClN5O. The van der Waals surface area contributed by atoms with Crippen LogP contribution in [0, 0.1) is 5.41 Å². The van der Waals surface area contributed by atoms with Gasteiger partial charge in [0.05, 0.1) is 23.6 Å². The average molecular weight is 324 g/mol. The van der Waals surface area contributed by atoms with E-state index in [9.17, 15) is 4.79 Å². The number of halogens is 1. The van der Waals surface area contributed by atoms with Crippen molar-refractivity contribution in [3.8, 4) is 0 Å². The number of imidazole rings is 1. The van der Waals surface area contributed by atoms with Crippen molar-refractivity contribution in [2.24, 2.45) is 5.41 Å². The van der Waals surface area contributed by atoms with Crippen molar-refractivity contribution in [2.75, 3.05) is 0 Å². The van der Waals surface area contributed by atoms with Crippen molar-refractivity contribution in [1.29, 1.82) is 0 Å². The molecule has 2 aromatic heterocycles. The van der Waals surface area contributed by atoms with E-state index in [2.05, 4.69) is 36.2 Å². The molecule has 2 aromatic rings. The van der Waals surface area contributed by atoms with E-state index in [1.807, 2.05) is 10.8 Å². The summed E-state index contributed by atoms with van der Waals surface area (Å²) in [5.41, 5.74) is -0.0467. The minimum atomic E-state index is -0.0467. The van der Waals surface area contributed by atoms with E-state index in [4.69, 9.17) is 11.6 Å². The smallest absolute Gasteiger partial charge is 0.222 e. The Labute approximate surface area is 135 Å². The van der Waals surface area contributed by atoms with Crippen LogP contribution in [0.5, 0.6) is 0 Å². The van der Waals surface area contributed by atoms with Gasteiger partial charge in [0.15, 0.2) is 0 Å². The van der Waals surface area contributed by atoms with Crippen LogP contribution in [0.1, 0.15) is 27.2 Å². The van der Waals surface area contributed by atoms with Gasteiger partial charge in [-0.25, -0.2) is 4.98 Å². The molecule has 0 spiro atoms. The lowest BCUT2D eigenvalue weighted by Crippen LogP contribution is -2.46. The molecule has 22 heavy (non-hydrogen) atoms. The van der Waals surface area contributed by atoms with Gasteiger partial charge in [0, 0.05) is 38.1 Å². The van der Waals surface area contributed by atoms with Crippen LogP contribution in [0.15, 0.2) is 31.1 Å². The van der Waals surface area contributed by atoms with Gasteiger partial charge in [0.25, 0.3) is 0 Å². The fraction of sp³-hybridized carbons (Fsp3) is 0.533. The Morgan fingerprint density at radius 3 is 2.77 bits per heavy atom. The first-order valence-corrected chi connectivity index (χ1v) is 7.65. The lowest BCUT2D eigenvalue weighted by atomic mass is 9.86. The largest absolute Gasteiger partial charge is 0.351 e. The van der Waals surface area contributed by atoms with Crippen molar-refractivity contribution < 1.29 is 4.79 Å².